The Morgan fingerprint density at radius 1 is 1.14 bits per heavy atom. The Kier molecular flexibility index (Phi) is 10.1. The SMILES string of the molecule is CCN(CC)CCN(C(=O)c1ccc(N2CCCCC2)c([N+](=O)[O-])c1)c1nc2c(C)ccc(Cl)c2s1.Cl. The van der Waals surface area contributed by atoms with Gasteiger partial charge >= 0.3 is 0 Å². The van der Waals surface area contributed by atoms with Crippen LogP contribution >= 0.6 is 35.3 Å². The maximum absolute atomic E-state index is 13.8. The second kappa shape index (κ2) is 12.9. The van der Waals surface area contributed by atoms with Gasteiger partial charge in [0.05, 0.1) is 20.2 Å². The van der Waals surface area contributed by atoms with E-state index in [9.17, 15) is 14.9 Å². The highest BCUT2D eigenvalue weighted by atomic mass is 35.5. The quantitative estimate of drug-likeness (QED) is 0.215. The summed E-state index contributed by atoms with van der Waals surface area (Å²) in [5.74, 6) is -0.303. The summed E-state index contributed by atoms with van der Waals surface area (Å²) in [5, 5.41) is 13.1. The van der Waals surface area contributed by atoms with E-state index >= 15 is 0 Å². The first kappa shape index (κ1) is 29.1. The number of hydrogen-bond donors (Lipinski definition) is 0. The number of thiazole rings is 1. The fourth-order valence-electron chi connectivity index (χ4n) is 4.63. The molecule has 37 heavy (non-hydrogen) atoms. The molecule has 200 valence electrons. The van der Waals surface area contributed by atoms with Gasteiger partial charge in [0.2, 0.25) is 0 Å². The molecule has 1 aromatic heterocycles. The second-order valence-electron chi connectivity index (χ2n) is 9.03. The predicted molar refractivity (Wildman–Crippen MR) is 155 cm³/mol. The number of amides is 1. The van der Waals surface area contributed by atoms with Crippen molar-refractivity contribution < 1.29 is 9.72 Å². The van der Waals surface area contributed by atoms with Crippen molar-refractivity contribution in [1.82, 2.24) is 9.88 Å². The minimum Gasteiger partial charge on any atom is -0.366 e. The maximum atomic E-state index is 13.8. The number of nitrogens with zero attached hydrogens (tertiary/aromatic N) is 5. The number of nitro benzene ring substituents is 1. The molecule has 3 aromatic rings. The molecule has 8 nitrogen and oxygen atoms in total. The number of anilines is 2. The molecule has 4 rings (SSSR count). The zero-order chi connectivity index (χ0) is 25.8. The molecular weight excluding hydrogens is 533 g/mol. The third kappa shape index (κ3) is 6.34. The molecule has 0 atom stereocenters. The van der Waals surface area contributed by atoms with Gasteiger partial charge in [-0.15, -0.1) is 12.4 Å². The molecule has 1 aliphatic rings. The Balaban J connectivity index is 0.00000380. The van der Waals surface area contributed by atoms with Crippen LogP contribution in [0, 0.1) is 17.0 Å². The number of carbonyl (C=O) groups is 1. The Hall–Kier alpha value is -2.46. The third-order valence-corrected chi connectivity index (χ3v) is 8.35. The molecule has 0 bridgehead atoms. The molecule has 0 unspecified atom stereocenters. The van der Waals surface area contributed by atoms with Crippen LogP contribution in [0.3, 0.4) is 0 Å². The van der Waals surface area contributed by atoms with Crippen LogP contribution in [0.4, 0.5) is 16.5 Å². The largest absolute Gasteiger partial charge is 0.366 e. The van der Waals surface area contributed by atoms with E-state index in [0.29, 0.717) is 28.9 Å². The number of aryl methyl sites for hydroxylation is 1. The zero-order valence-electron chi connectivity index (χ0n) is 21.4. The average molecular weight is 567 g/mol. The van der Waals surface area contributed by atoms with Gasteiger partial charge in [-0.3, -0.25) is 19.8 Å². The Morgan fingerprint density at radius 2 is 1.84 bits per heavy atom. The van der Waals surface area contributed by atoms with E-state index in [1.807, 2.05) is 24.0 Å². The molecular formula is C26H33Cl2N5O3S. The van der Waals surface area contributed by atoms with Gasteiger partial charge in [0.15, 0.2) is 5.13 Å². The van der Waals surface area contributed by atoms with Crippen molar-refractivity contribution in [2.75, 3.05) is 49.1 Å². The summed E-state index contributed by atoms with van der Waals surface area (Å²) in [6.07, 6.45) is 3.15. The van der Waals surface area contributed by atoms with Gasteiger partial charge in [-0.05, 0) is 63.0 Å². The number of benzene rings is 2. The van der Waals surface area contributed by atoms with Gasteiger partial charge in [-0.1, -0.05) is 42.9 Å². The number of halogens is 2. The van der Waals surface area contributed by atoms with Crippen LogP contribution in [-0.4, -0.2) is 60.0 Å². The second-order valence-corrected chi connectivity index (χ2v) is 10.4. The molecule has 0 N–H and O–H groups in total. The number of rotatable bonds is 9. The lowest BCUT2D eigenvalue weighted by atomic mass is 10.1. The van der Waals surface area contributed by atoms with Crippen LogP contribution in [0.15, 0.2) is 30.3 Å². The first-order chi connectivity index (χ1) is 17.3. The zero-order valence-corrected chi connectivity index (χ0v) is 23.8. The van der Waals surface area contributed by atoms with E-state index in [1.54, 1.807) is 17.0 Å². The fraction of sp³-hybridized carbons (Fsp3) is 0.462. The van der Waals surface area contributed by atoms with Crippen LogP contribution in [0.5, 0.6) is 0 Å². The number of likely N-dealkylation sites (N-methyl/N-ethyl adjacent to an activating group) is 1. The first-order valence-corrected chi connectivity index (χ1v) is 13.7. The van der Waals surface area contributed by atoms with Gasteiger partial charge in [-0.25, -0.2) is 4.98 Å². The van der Waals surface area contributed by atoms with Crippen molar-refractivity contribution in [2.24, 2.45) is 0 Å². The predicted octanol–water partition coefficient (Wildman–Crippen LogP) is 6.57. The number of aromatic nitrogens is 1. The fourth-order valence-corrected chi connectivity index (χ4v) is 5.97. The highest BCUT2D eigenvalue weighted by Gasteiger charge is 2.27. The van der Waals surface area contributed by atoms with Crippen molar-refractivity contribution >= 4 is 68.0 Å². The smallest absolute Gasteiger partial charge is 0.293 e. The minimum atomic E-state index is -0.387. The molecule has 0 aliphatic carbocycles. The Morgan fingerprint density at radius 3 is 2.46 bits per heavy atom. The summed E-state index contributed by atoms with van der Waals surface area (Å²) in [4.78, 5) is 36.1. The van der Waals surface area contributed by atoms with Crippen molar-refractivity contribution in [3.8, 4) is 0 Å². The molecule has 1 fully saturated rings. The van der Waals surface area contributed by atoms with Gasteiger partial charge in [-0.2, -0.15) is 0 Å². The molecule has 0 saturated carbocycles. The first-order valence-electron chi connectivity index (χ1n) is 12.5. The molecule has 2 aromatic carbocycles. The average Bonchev–Trinajstić information content (AvgIpc) is 3.35. The van der Waals surface area contributed by atoms with Crippen LogP contribution in [0.1, 0.15) is 49.0 Å². The number of nitro groups is 1. The van der Waals surface area contributed by atoms with Crippen molar-refractivity contribution in [1.29, 1.82) is 0 Å². The van der Waals surface area contributed by atoms with Crippen LogP contribution in [0.2, 0.25) is 5.02 Å². The van der Waals surface area contributed by atoms with Crippen molar-refractivity contribution in [3.63, 3.8) is 0 Å². The van der Waals surface area contributed by atoms with Gasteiger partial charge in [0.25, 0.3) is 11.6 Å². The molecule has 11 heteroatoms. The Labute approximate surface area is 232 Å². The normalized spacial score (nSPS) is 13.6. The lowest BCUT2D eigenvalue weighted by Gasteiger charge is -2.28. The van der Waals surface area contributed by atoms with E-state index in [2.05, 4.69) is 18.7 Å². The number of fused-ring (bicyclic) bond motifs is 1. The highest BCUT2D eigenvalue weighted by molar-refractivity contribution is 7.23. The van der Waals surface area contributed by atoms with E-state index < -0.39 is 0 Å². The standard InChI is InChI=1S/C26H32ClN5O3S.ClH/c1-4-29(5-2)15-16-31(26-28-23-18(3)9-11-20(27)24(23)36-26)25(33)19-10-12-21(22(17-19)32(34)35)30-13-7-6-8-14-30;/h9-12,17H,4-8,13-16H2,1-3H3;1H. The van der Waals surface area contributed by atoms with E-state index in [4.69, 9.17) is 16.6 Å². The highest BCUT2D eigenvalue weighted by Crippen LogP contribution is 2.37. The number of carbonyl (C=O) groups excluding carboxylic acids is 1. The molecule has 1 aliphatic heterocycles. The molecule has 0 spiro atoms. The van der Waals surface area contributed by atoms with Crippen LogP contribution in [0.25, 0.3) is 10.2 Å². The van der Waals surface area contributed by atoms with E-state index in [0.717, 1.165) is 61.2 Å². The monoisotopic (exact) mass is 565 g/mol. The summed E-state index contributed by atoms with van der Waals surface area (Å²) in [7, 11) is 0. The molecule has 2 heterocycles. The van der Waals surface area contributed by atoms with Gasteiger partial charge in [0.1, 0.15) is 5.69 Å². The van der Waals surface area contributed by atoms with E-state index in [1.165, 1.54) is 17.4 Å². The van der Waals surface area contributed by atoms with E-state index in [-0.39, 0.29) is 34.5 Å². The summed E-state index contributed by atoms with van der Waals surface area (Å²) in [6, 6.07) is 8.60. The van der Waals surface area contributed by atoms with Gasteiger partial charge in [0, 0.05) is 37.8 Å². The summed E-state index contributed by atoms with van der Waals surface area (Å²) >= 11 is 7.82. The minimum absolute atomic E-state index is 0. The number of piperidine rings is 1. The molecule has 1 amide bonds. The maximum Gasteiger partial charge on any atom is 0.293 e. The van der Waals surface area contributed by atoms with Crippen molar-refractivity contribution in [2.45, 2.75) is 40.0 Å². The molecule has 1 saturated heterocycles. The van der Waals surface area contributed by atoms with Crippen LogP contribution in [-0.2, 0) is 0 Å². The van der Waals surface area contributed by atoms with Crippen LogP contribution < -0.4 is 9.80 Å². The summed E-state index contributed by atoms with van der Waals surface area (Å²) < 4.78 is 0.832. The third-order valence-electron chi connectivity index (χ3n) is 6.81. The number of hydrogen-bond acceptors (Lipinski definition) is 7. The summed E-state index contributed by atoms with van der Waals surface area (Å²) in [6.45, 7) is 10.5. The van der Waals surface area contributed by atoms with Crippen molar-refractivity contribution in [3.05, 3.63) is 56.6 Å². The lowest BCUT2D eigenvalue weighted by molar-refractivity contribution is -0.384. The summed E-state index contributed by atoms with van der Waals surface area (Å²) in [5.41, 5.74) is 2.58. The Bertz CT molecular complexity index is 1220. The van der Waals surface area contributed by atoms with Gasteiger partial charge < -0.3 is 9.80 Å². The lowest BCUT2D eigenvalue weighted by Crippen LogP contribution is -2.39. The molecule has 0 radical (unpaired) electrons. The topological polar surface area (TPSA) is 82.8 Å².